The second-order valence-corrected chi connectivity index (χ2v) is 8.12. The molecule has 0 bridgehead atoms. The number of amides is 1. The standard InChI is InChI=1S/C23H22ClNO3S/c1-3-27-19-10-7-15(11-20(19)28-4-2)17-12-21(26)25-22-18(13-29-23(17)22)14-5-8-16(24)9-6-14/h5-11,13,17H,3-4,12H2,1-2H3,(H,25,26). The summed E-state index contributed by atoms with van der Waals surface area (Å²) in [6.45, 7) is 5.03. The van der Waals surface area contributed by atoms with Crippen LogP contribution in [0.1, 0.15) is 36.6 Å². The van der Waals surface area contributed by atoms with Gasteiger partial charge in [-0.05, 0) is 49.2 Å². The van der Waals surface area contributed by atoms with Crippen molar-refractivity contribution in [2.45, 2.75) is 26.2 Å². The Morgan fingerprint density at radius 1 is 1.07 bits per heavy atom. The molecule has 1 N–H and O–H groups in total. The number of nitrogens with one attached hydrogen (secondary N) is 1. The number of anilines is 1. The Hall–Kier alpha value is -2.50. The number of hydrogen-bond donors (Lipinski definition) is 1. The predicted molar refractivity (Wildman–Crippen MR) is 119 cm³/mol. The van der Waals surface area contributed by atoms with E-state index in [0.29, 0.717) is 30.4 Å². The molecule has 2 aromatic carbocycles. The second kappa shape index (κ2) is 8.47. The maximum Gasteiger partial charge on any atom is 0.225 e. The highest BCUT2D eigenvalue weighted by atomic mass is 35.5. The molecule has 4 rings (SSSR count). The van der Waals surface area contributed by atoms with Crippen LogP contribution in [0.5, 0.6) is 11.5 Å². The number of thiophene rings is 1. The largest absolute Gasteiger partial charge is 0.490 e. The minimum Gasteiger partial charge on any atom is -0.490 e. The van der Waals surface area contributed by atoms with E-state index in [-0.39, 0.29) is 11.8 Å². The first-order valence-electron chi connectivity index (χ1n) is 9.67. The van der Waals surface area contributed by atoms with Gasteiger partial charge in [0.1, 0.15) is 0 Å². The summed E-state index contributed by atoms with van der Waals surface area (Å²) in [5.41, 5.74) is 4.01. The molecule has 4 nitrogen and oxygen atoms in total. The molecule has 1 aromatic heterocycles. The lowest BCUT2D eigenvalue weighted by Crippen LogP contribution is -2.22. The molecule has 2 heterocycles. The number of rotatable bonds is 6. The predicted octanol–water partition coefficient (Wildman–Crippen LogP) is 6.34. The van der Waals surface area contributed by atoms with Crippen molar-refractivity contribution < 1.29 is 14.3 Å². The molecule has 29 heavy (non-hydrogen) atoms. The molecule has 0 spiro atoms. The smallest absolute Gasteiger partial charge is 0.225 e. The summed E-state index contributed by atoms with van der Waals surface area (Å²) in [6, 6.07) is 13.7. The molecule has 0 saturated carbocycles. The first-order valence-corrected chi connectivity index (χ1v) is 10.9. The zero-order valence-corrected chi connectivity index (χ0v) is 17.9. The SMILES string of the molecule is CCOc1ccc(C2CC(=O)Nc3c(-c4ccc(Cl)cc4)csc32)cc1OCC. The van der Waals surface area contributed by atoms with Crippen LogP contribution in [0.25, 0.3) is 11.1 Å². The number of carbonyl (C=O) groups is 1. The summed E-state index contributed by atoms with van der Waals surface area (Å²) < 4.78 is 11.5. The second-order valence-electron chi connectivity index (χ2n) is 6.77. The van der Waals surface area contributed by atoms with E-state index >= 15 is 0 Å². The summed E-state index contributed by atoms with van der Waals surface area (Å²) in [6.07, 6.45) is 0.410. The summed E-state index contributed by atoms with van der Waals surface area (Å²) in [7, 11) is 0. The van der Waals surface area contributed by atoms with Gasteiger partial charge in [0.15, 0.2) is 11.5 Å². The minimum absolute atomic E-state index is 0.0142. The Bertz CT molecular complexity index is 1030. The van der Waals surface area contributed by atoms with Crippen LogP contribution in [0.3, 0.4) is 0 Å². The van der Waals surface area contributed by atoms with Crippen molar-refractivity contribution in [3.05, 3.63) is 63.3 Å². The first-order chi connectivity index (χ1) is 14.1. The monoisotopic (exact) mass is 427 g/mol. The van der Waals surface area contributed by atoms with Gasteiger partial charge >= 0.3 is 0 Å². The lowest BCUT2D eigenvalue weighted by Gasteiger charge is -2.25. The summed E-state index contributed by atoms with van der Waals surface area (Å²) in [5, 5.41) is 5.87. The topological polar surface area (TPSA) is 47.6 Å². The van der Waals surface area contributed by atoms with Gasteiger partial charge in [-0.2, -0.15) is 0 Å². The van der Waals surface area contributed by atoms with E-state index in [1.807, 2.05) is 56.3 Å². The van der Waals surface area contributed by atoms with Crippen LogP contribution in [0, 0.1) is 0 Å². The number of ether oxygens (including phenoxy) is 2. The molecule has 0 aliphatic carbocycles. The molecule has 1 atom stereocenters. The van der Waals surface area contributed by atoms with Crippen LogP contribution >= 0.6 is 22.9 Å². The van der Waals surface area contributed by atoms with E-state index in [1.165, 1.54) is 0 Å². The fraction of sp³-hybridized carbons (Fsp3) is 0.261. The lowest BCUT2D eigenvalue weighted by atomic mass is 9.89. The lowest BCUT2D eigenvalue weighted by molar-refractivity contribution is -0.116. The highest BCUT2D eigenvalue weighted by Gasteiger charge is 2.31. The average molecular weight is 428 g/mol. The van der Waals surface area contributed by atoms with E-state index in [9.17, 15) is 4.79 Å². The molecule has 1 aliphatic rings. The van der Waals surface area contributed by atoms with E-state index in [4.69, 9.17) is 21.1 Å². The van der Waals surface area contributed by atoms with Crippen molar-refractivity contribution in [2.75, 3.05) is 18.5 Å². The Morgan fingerprint density at radius 3 is 2.52 bits per heavy atom. The third kappa shape index (κ3) is 3.98. The molecule has 0 fully saturated rings. The van der Waals surface area contributed by atoms with Crippen molar-refractivity contribution in [1.82, 2.24) is 0 Å². The molecular formula is C23H22ClNO3S. The summed E-state index contributed by atoms with van der Waals surface area (Å²) in [5.74, 6) is 1.45. The number of halogens is 1. The highest BCUT2D eigenvalue weighted by Crippen LogP contribution is 2.47. The number of carbonyl (C=O) groups excluding carboxylic acids is 1. The van der Waals surface area contributed by atoms with E-state index in [1.54, 1.807) is 11.3 Å². The van der Waals surface area contributed by atoms with Gasteiger partial charge in [-0.1, -0.05) is 29.8 Å². The van der Waals surface area contributed by atoms with Gasteiger partial charge in [0, 0.05) is 33.2 Å². The first kappa shape index (κ1) is 19.8. The fourth-order valence-electron chi connectivity index (χ4n) is 3.62. The normalized spacial score (nSPS) is 15.6. The van der Waals surface area contributed by atoms with Crippen LogP contribution in [-0.4, -0.2) is 19.1 Å². The fourth-order valence-corrected chi connectivity index (χ4v) is 4.91. The quantitative estimate of drug-likeness (QED) is 0.499. The number of benzene rings is 2. The highest BCUT2D eigenvalue weighted by molar-refractivity contribution is 7.11. The molecule has 1 amide bonds. The molecule has 150 valence electrons. The van der Waals surface area contributed by atoms with Crippen molar-refractivity contribution in [1.29, 1.82) is 0 Å². The molecular weight excluding hydrogens is 406 g/mol. The Kier molecular flexibility index (Phi) is 5.79. The Morgan fingerprint density at radius 2 is 1.79 bits per heavy atom. The number of fused-ring (bicyclic) bond motifs is 1. The van der Waals surface area contributed by atoms with Crippen molar-refractivity contribution in [3.8, 4) is 22.6 Å². The van der Waals surface area contributed by atoms with Gasteiger partial charge < -0.3 is 14.8 Å². The third-order valence-electron chi connectivity index (χ3n) is 4.91. The van der Waals surface area contributed by atoms with Gasteiger partial charge in [0.25, 0.3) is 0 Å². The van der Waals surface area contributed by atoms with E-state index in [2.05, 4.69) is 10.7 Å². The van der Waals surface area contributed by atoms with Crippen LogP contribution in [0.4, 0.5) is 5.69 Å². The van der Waals surface area contributed by atoms with Crippen molar-refractivity contribution in [2.24, 2.45) is 0 Å². The zero-order chi connectivity index (χ0) is 20.4. The Balaban J connectivity index is 1.75. The summed E-state index contributed by atoms with van der Waals surface area (Å²) >= 11 is 7.70. The molecule has 3 aromatic rings. The molecule has 0 saturated heterocycles. The maximum atomic E-state index is 12.5. The molecule has 1 unspecified atom stereocenters. The maximum absolute atomic E-state index is 12.5. The zero-order valence-electron chi connectivity index (χ0n) is 16.3. The van der Waals surface area contributed by atoms with Crippen molar-refractivity contribution in [3.63, 3.8) is 0 Å². The molecule has 0 radical (unpaired) electrons. The van der Waals surface area contributed by atoms with E-state index < -0.39 is 0 Å². The van der Waals surface area contributed by atoms with Gasteiger partial charge in [-0.3, -0.25) is 4.79 Å². The van der Waals surface area contributed by atoms with Gasteiger partial charge in [0.05, 0.1) is 18.9 Å². The Labute approximate surface area is 179 Å². The van der Waals surface area contributed by atoms with Gasteiger partial charge in [0.2, 0.25) is 5.91 Å². The van der Waals surface area contributed by atoms with Crippen LogP contribution in [0.15, 0.2) is 47.8 Å². The third-order valence-corrected chi connectivity index (χ3v) is 6.26. The van der Waals surface area contributed by atoms with Crippen molar-refractivity contribution >= 4 is 34.5 Å². The number of hydrogen-bond acceptors (Lipinski definition) is 4. The van der Waals surface area contributed by atoms with Gasteiger partial charge in [-0.15, -0.1) is 11.3 Å². The van der Waals surface area contributed by atoms with Crippen LogP contribution in [0.2, 0.25) is 5.02 Å². The van der Waals surface area contributed by atoms with Gasteiger partial charge in [-0.25, -0.2) is 0 Å². The molecule has 6 heteroatoms. The summed E-state index contributed by atoms with van der Waals surface area (Å²) in [4.78, 5) is 13.7. The minimum atomic E-state index is -0.0142. The van der Waals surface area contributed by atoms with E-state index in [0.717, 1.165) is 33.0 Å². The van der Waals surface area contributed by atoms with Crippen LogP contribution in [-0.2, 0) is 4.79 Å². The van der Waals surface area contributed by atoms with Crippen LogP contribution < -0.4 is 14.8 Å². The molecule has 1 aliphatic heterocycles. The average Bonchev–Trinajstić information content (AvgIpc) is 3.13.